The van der Waals surface area contributed by atoms with E-state index >= 15 is 0 Å². The summed E-state index contributed by atoms with van der Waals surface area (Å²) in [6.45, 7) is 7.70. The van der Waals surface area contributed by atoms with Crippen LogP contribution in [-0.2, 0) is 23.1 Å². The molecule has 0 aliphatic heterocycles. The molecular weight excluding hydrogens is 372 g/mol. The van der Waals surface area contributed by atoms with E-state index in [0.29, 0.717) is 12.1 Å². The summed E-state index contributed by atoms with van der Waals surface area (Å²) in [5, 5.41) is 3.47. The Labute approximate surface area is 167 Å². The summed E-state index contributed by atoms with van der Waals surface area (Å²) < 4.78 is 28.3. The van der Waals surface area contributed by atoms with Crippen LogP contribution in [0.2, 0.25) is 0 Å². The highest BCUT2D eigenvalue weighted by Gasteiger charge is 2.19. The number of benzene rings is 2. The van der Waals surface area contributed by atoms with Crippen LogP contribution in [0.3, 0.4) is 0 Å². The molecule has 0 saturated carbocycles. The number of fused-ring (bicyclic) bond motifs is 1. The molecule has 0 unspecified atom stereocenters. The van der Waals surface area contributed by atoms with Crippen LogP contribution in [0.4, 0.5) is 5.69 Å². The quantitative estimate of drug-likeness (QED) is 0.653. The van der Waals surface area contributed by atoms with Crippen molar-refractivity contribution in [1.82, 2.24) is 13.9 Å². The summed E-state index contributed by atoms with van der Waals surface area (Å²) in [6.07, 6.45) is 0.972. The first-order chi connectivity index (χ1) is 13.2. The number of hydrogen-bond acceptors (Lipinski definition) is 4. The highest BCUT2D eigenvalue weighted by atomic mass is 32.2. The molecule has 1 N–H and O–H groups in total. The molecule has 2 aromatic carbocycles. The summed E-state index contributed by atoms with van der Waals surface area (Å²) in [5.74, 6) is 0.899. The van der Waals surface area contributed by atoms with Crippen LogP contribution in [0, 0.1) is 13.8 Å². The van der Waals surface area contributed by atoms with Crippen molar-refractivity contribution in [3.8, 4) is 0 Å². The minimum atomic E-state index is -3.48. The lowest BCUT2D eigenvalue weighted by Crippen LogP contribution is -2.22. The molecule has 0 spiro atoms. The minimum Gasteiger partial charge on any atom is -0.378 e. The molecule has 0 fully saturated rings. The lowest BCUT2D eigenvalue weighted by atomic mass is 10.1. The molecule has 0 radical (unpaired) electrons. The number of imidazole rings is 1. The van der Waals surface area contributed by atoms with Gasteiger partial charge < -0.3 is 9.88 Å². The maximum atomic E-state index is 12.4. The predicted molar refractivity (Wildman–Crippen MR) is 114 cm³/mol. The first-order valence-corrected chi connectivity index (χ1v) is 10.9. The van der Waals surface area contributed by atoms with Gasteiger partial charge in [-0.3, -0.25) is 0 Å². The molecule has 1 heterocycles. The van der Waals surface area contributed by atoms with Crippen molar-refractivity contribution in [3.63, 3.8) is 0 Å². The Morgan fingerprint density at radius 2 is 1.86 bits per heavy atom. The molecule has 150 valence electrons. The average molecular weight is 401 g/mol. The third kappa shape index (κ3) is 3.91. The van der Waals surface area contributed by atoms with Crippen molar-refractivity contribution in [2.45, 2.75) is 45.2 Å². The minimum absolute atomic E-state index is 0.264. The summed E-state index contributed by atoms with van der Waals surface area (Å²) in [4.78, 5) is 5.01. The van der Waals surface area contributed by atoms with Crippen molar-refractivity contribution in [1.29, 1.82) is 0 Å². The molecule has 0 amide bonds. The third-order valence-electron chi connectivity index (χ3n) is 4.84. The van der Waals surface area contributed by atoms with Gasteiger partial charge in [-0.05, 0) is 50.1 Å². The SMILES string of the molecule is CCCn1c(CNc2ccc(C)cc2C)nc2cc(S(=O)(=O)N(C)C)ccc21. The second kappa shape index (κ2) is 7.93. The molecule has 6 nitrogen and oxygen atoms in total. The Balaban J connectivity index is 1.98. The van der Waals surface area contributed by atoms with Crippen LogP contribution in [0.1, 0.15) is 30.3 Å². The van der Waals surface area contributed by atoms with Gasteiger partial charge in [0.05, 0.1) is 22.5 Å². The van der Waals surface area contributed by atoms with E-state index in [1.807, 2.05) is 6.07 Å². The van der Waals surface area contributed by atoms with E-state index in [-0.39, 0.29) is 4.90 Å². The van der Waals surface area contributed by atoms with Gasteiger partial charge in [-0.2, -0.15) is 0 Å². The Morgan fingerprint density at radius 1 is 1.11 bits per heavy atom. The van der Waals surface area contributed by atoms with Gasteiger partial charge in [0, 0.05) is 26.3 Å². The second-order valence-corrected chi connectivity index (χ2v) is 9.44. The van der Waals surface area contributed by atoms with Crippen LogP contribution >= 0.6 is 0 Å². The van der Waals surface area contributed by atoms with E-state index in [9.17, 15) is 8.42 Å². The topological polar surface area (TPSA) is 67.2 Å². The molecule has 0 atom stereocenters. The zero-order valence-corrected chi connectivity index (χ0v) is 18.0. The van der Waals surface area contributed by atoms with E-state index < -0.39 is 10.0 Å². The smallest absolute Gasteiger partial charge is 0.242 e. The van der Waals surface area contributed by atoms with Gasteiger partial charge in [-0.15, -0.1) is 0 Å². The Hall–Kier alpha value is -2.38. The number of rotatable bonds is 7. The fourth-order valence-corrected chi connectivity index (χ4v) is 4.25. The largest absolute Gasteiger partial charge is 0.378 e. The summed E-state index contributed by atoms with van der Waals surface area (Å²) in [5.41, 5.74) is 5.16. The Kier molecular flexibility index (Phi) is 5.76. The van der Waals surface area contributed by atoms with E-state index in [2.05, 4.69) is 48.9 Å². The lowest BCUT2D eigenvalue weighted by Gasteiger charge is -2.12. The summed E-state index contributed by atoms with van der Waals surface area (Å²) >= 11 is 0. The zero-order chi connectivity index (χ0) is 20.5. The van der Waals surface area contributed by atoms with E-state index in [4.69, 9.17) is 4.98 Å². The van der Waals surface area contributed by atoms with Crippen molar-refractivity contribution in [3.05, 3.63) is 53.3 Å². The number of nitrogens with one attached hydrogen (secondary N) is 1. The lowest BCUT2D eigenvalue weighted by molar-refractivity contribution is 0.521. The average Bonchev–Trinajstić information content (AvgIpc) is 2.98. The standard InChI is InChI=1S/C21H28N4O2S/c1-6-11-25-20-10-8-17(28(26,27)24(4)5)13-19(20)23-21(25)14-22-18-9-7-15(2)12-16(18)3/h7-10,12-13,22H,6,11,14H2,1-5H3. The first-order valence-electron chi connectivity index (χ1n) is 9.47. The van der Waals surface area contributed by atoms with Crippen LogP contribution in [0.5, 0.6) is 0 Å². The first kappa shape index (κ1) is 20.4. The van der Waals surface area contributed by atoms with Gasteiger partial charge >= 0.3 is 0 Å². The molecule has 0 aliphatic carbocycles. The van der Waals surface area contributed by atoms with E-state index in [1.165, 1.54) is 29.5 Å². The zero-order valence-electron chi connectivity index (χ0n) is 17.2. The molecule has 7 heteroatoms. The van der Waals surface area contributed by atoms with Crippen LogP contribution in [0.15, 0.2) is 41.3 Å². The number of aryl methyl sites for hydroxylation is 3. The number of hydrogen-bond donors (Lipinski definition) is 1. The molecular formula is C21H28N4O2S. The molecule has 1 aromatic heterocycles. The van der Waals surface area contributed by atoms with Crippen molar-refractivity contribution in [2.24, 2.45) is 0 Å². The maximum absolute atomic E-state index is 12.4. The Bertz CT molecular complexity index is 1100. The highest BCUT2D eigenvalue weighted by Crippen LogP contribution is 2.24. The van der Waals surface area contributed by atoms with E-state index in [1.54, 1.807) is 12.1 Å². The molecule has 3 aromatic rings. The number of aromatic nitrogens is 2. The van der Waals surface area contributed by atoms with Crippen molar-refractivity contribution in [2.75, 3.05) is 19.4 Å². The summed E-state index contributed by atoms with van der Waals surface area (Å²) in [7, 11) is -0.408. The number of anilines is 1. The van der Waals surface area contributed by atoms with Crippen LogP contribution < -0.4 is 5.32 Å². The predicted octanol–water partition coefficient (Wildman–Crippen LogP) is 3.93. The van der Waals surface area contributed by atoms with Gasteiger partial charge in [0.1, 0.15) is 5.82 Å². The summed E-state index contributed by atoms with van der Waals surface area (Å²) in [6, 6.07) is 11.5. The number of sulfonamides is 1. The molecule has 0 saturated heterocycles. The second-order valence-electron chi connectivity index (χ2n) is 7.29. The van der Waals surface area contributed by atoms with Gasteiger partial charge in [0.15, 0.2) is 0 Å². The fourth-order valence-electron chi connectivity index (χ4n) is 3.33. The van der Waals surface area contributed by atoms with Crippen molar-refractivity contribution < 1.29 is 8.42 Å². The fraction of sp³-hybridized carbons (Fsp3) is 0.381. The highest BCUT2D eigenvalue weighted by molar-refractivity contribution is 7.89. The normalized spacial score (nSPS) is 12.1. The van der Waals surface area contributed by atoms with Gasteiger partial charge in [-0.1, -0.05) is 24.6 Å². The third-order valence-corrected chi connectivity index (χ3v) is 6.65. The maximum Gasteiger partial charge on any atom is 0.242 e. The van der Waals surface area contributed by atoms with Gasteiger partial charge in [-0.25, -0.2) is 17.7 Å². The molecule has 0 bridgehead atoms. The van der Waals surface area contributed by atoms with Crippen molar-refractivity contribution >= 4 is 26.7 Å². The number of nitrogens with zero attached hydrogens (tertiary/aromatic N) is 3. The van der Waals surface area contributed by atoms with Crippen LogP contribution in [0.25, 0.3) is 11.0 Å². The van der Waals surface area contributed by atoms with Gasteiger partial charge in [0.2, 0.25) is 10.0 Å². The molecule has 0 aliphatic rings. The molecule has 3 rings (SSSR count). The Morgan fingerprint density at radius 3 is 2.50 bits per heavy atom. The van der Waals surface area contributed by atoms with E-state index in [0.717, 1.165) is 30.0 Å². The monoisotopic (exact) mass is 400 g/mol. The van der Waals surface area contributed by atoms with Crippen LogP contribution in [-0.4, -0.2) is 36.4 Å². The molecule has 28 heavy (non-hydrogen) atoms. The van der Waals surface area contributed by atoms with Gasteiger partial charge in [0.25, 0.3) is 0 Å².